The largest absolute Gasteiger partial charge is 0.490 e. The van der Waals surface area contributed by atoms with Crippen molar-refractivity contribution in [3.63, 3.8) is 0 Å². The smallest absolute Gasteiger partial charge is 0.408 e. The Morgan fingerprint density at radius 3 is 2.65 bits per heavy atom. The average molecular weight is 510 g/mol. The number of carboxylic acid groups (broad SMARTS) is 1. The van der Waals surface area contributed by atoms with Crippen LogP contribution in [0.25, 0.3) is 0 Å². The summed E-state index contributed by atoms with van der Waals surface area (Å²) in [6.07, 6.45) is 3.76. The molecule has 0 unspecified atom stereocenters. The lowest BCUT2D eigenvalue weighted by Crippen LogP contribution is -2.47. The maximum absolute atomic E-state index is 12.8. The number of amides is 2. The zero-order chi connectivity index (χ0) is 26.5. The third-order valence-corrected chi connectivity index (χ3v) is 4.81. The number of H-pyrrole nitrogens is 1. The second-order valence-corrected chi connectivity index (χ2v) is 7.60. The highest BCUT2D eigenvalue weighted by Gasteiger charge is 2.22. The number of alkyl carbamates (subject to hydrolysis) is 1. The van der Waals surface area contributed by atoms with Gasteiger partial charge in [-0.1, -0.05) is 30.3 Å². The number of rotatable bonds is 13. The number of imidazole rings is 1. The number of carbonyl (C=O) groups is 3. The van der Waals surface area contributed by atoms with E-state index >= 15 is 0 Å². The van der Waals surface area contributed by atoms with Crippen molar-refractivity contribution in [1.29, 1.82) is 0 Å². The first-order valence-electron chi connectivity index (χ1n) is 11.3. The van der Waals surface area contributed by atoms with E-state index in [0.717, 1.165) is 5.56 Å². The van der Waals surface area contributed by atoms with Crippen molar-refractivity contribution in [1.82, 2.24) is 20.7 Å². The predicted octanol–water partition coefficient (Wildman–Crippen LogP) is 2.26. The minimum Gasteiger partial charge on any atom is -0.490 e. The fourth-order valence-electron chi connectivity index (χ4n) is 3.11. The fraction of sp³-hybridized carbons (Fsp3) is 0.240. The normalized spacial score (nSPS) is 11.5. The molecule has 0 bridgehead atoms. The molecule has 2 aromatic carbocycles. The van der Waals surface area contributed by atoms with E-state index < -0.39 is 30.6 Å². The second kappa shape index (κ2) is 13.9. The van der Waals surface area contributed by atoms with Gasteiger partial charge in [0.2, 0.25) is 0 Å². The molecule has 0 aliphatic heterocycles. The van der Waals surface area contributed by atoms with E-state index in [-0.39, 0.29) is 18.8 Å². The van der Waals surface area contributed by atoms with Gasteiger partial charge < -0.3 is 29.6 Å². The number of hydrogen-bond acceptors (Lipinski definition) is 8. The van der Waals surface area contributed by atoms with Gasteiger partial charge in [-0.3, -0.25) is 4.79 Å². The molecule has 12 heteroatoms. The van der Waals surface area contributed by atoms with Gasteiger partial charge in [-0.25, -0.2) is 20.0 Å². The topological polar surface area (TPSA) is 164 Å². The molecule has 0 saturated heterocycles. The van der Waals surface area contributed by atoms with Crippen molar-refractivity contribution in [2.75, 3.05) is 13.2 Å². The number of nitrogens with one attached hydrogen (secondary N) is 3. The molecule has 0 aliphatic rings. The van der Waals surface area contributed by atoms with Crippen LogP contribution in [0.2, 0.25) is 0 Å². The summed E-state index contributed by atoms with van der Waals surface area (Å²) < 4.78 is 15.9. The van der Waals surface area contributed by atoms with Gasteiger partial charge >= 0.3 is 12.1 Å². The number of carbonyl (C=O) groups excluding carboxylic acids is 2. The number of aliphatic carboxylic acids is 1. The average Bonchev–Trinajstić information content (AvgIpc) is 3.40. The SMILES string of the molecule is CCOc1cc(/C=N\NC(=O)[C@H](Cc2cnc[nH]2)NC(=O)OCc2ccccc2)ccc1OCC(=O)O. The maximum Gasteiger partial charge on any atom is 0.408 e. The van der Waals surface area contributed by atoms with Crippen LogP contribution >= 0.6 is 0 Å². The Hall–Kier alpha value is -4.87. The van der Waals surface area contributed by atoms with Crippen molar-refractivity contribution >= 4 is 24.2 Å². The van der Waals surface area contributed by atoms with Crippen LogP contribution in [-0.4, -0.2) is 58.5 Å². The van der Waals surface area contributed by atoms with Gasteiger partial charge in [0.25, 0.3) is 5.91 Å². The zero-order valence-electron chi connectivity index (χ0n) is 20.0. The molecule has 0 saturated carbocycles. The van der Waals surface area contributed by atoms with E-state index in [4.69, 9.17) is 19.3 Å². The molecular weight excluding hydrogens is 482 g/mol. The van der Waals surface area contributed by atoms with Crippen LogP contribution in [0.15, 0.2) is 66.2 Å². The Morgan fingerprint density at radius 1 is 1.14 bits per heavy atom. The highest BCUT2D eigenvalue weighted by Crippen LogP contribution is 2.28. The standard InChI is InChI=1S/C25H27N5O7/c1-2-35-22-10-18(8-9-21(22)36-15-23(31)32)12-28-30-24(33)20(11-19-13-26-16-27-19)29-25(34)37-14-17-6-4-3-5-7-17/h3-10,12-13,16,20H,2,11,14-15H2,1H3,(H,26,27)(H,29,34)(H,30,33)(H,31,32)/b28-12-/t20-/m0/s1. The minimum absolute atomic E-state index is 0.0531. The summed E-state index contributed by atoms with van der Waals surface area (Å²) in [6, 6.07) is 12.9. The molecule has 4 N–H and O–H groups in total. The predicted molar refractivity (Wildman–Crippen MR) is 132 cm³/mol. The molecular formula is C25H27N5O7. The lowest BCUT2D eigenvalue weighted by molar-refractivity contribution is -0.139. The van der Waals surface area contributed by atoms with Crippen molar-refractivity contribution in [3.8, 4) is 11.5 Å². The van der Waals surface area contributed by atoms with E-state index in [2.05, 4.69) is 25.8 Å². The first-order valence-corrected chi connectivity index (χ1v) is 11.3. The molecule has 12 nitrogen and oxygen atoms in total. The number of nitrogens with zero attached hydrogens (tertiary/aromatic N) is 2. The molecule has 0 aliphatic carbocycles. The van der Waals surface area contributed by atoms with E-state index in [0.29, 0.717) is 23.6 Å². The van der Waals surface area contributed by atoms with Crippen molar-refractivity contribution in [3.05, 3.63) is 77.9 Å². The van der Waals surface area contributed by atoms with Crippen molar-refractivity contribution < 1.29 is 33.7 Å². The summed E-state index contributed by atoms with van der Waals surface area (Å²) in [4.78, 5) is 42.7. The highest BCUT2D eigenvalue weighted by atomic mass is 16.5. The molecule has 2 amide bonds. The number of benzene rings is 2. The highest BCUT2D eigenvalue weighted by molar-refractivity contribution is 5.87. The Labute approximate surface area is 212 Å². The molecule has 0 fully saturated rings. The summed E-state index contributed by atoms with van der Waals surface area (Å²) >= 11 is 0. The number of aromatic amines is 1. The monoisotopic (exact) mass is 509 g/mol. The Morgan fingerprint density at radius 2 is 1.95 bits per heavy atom. The lowest BCUT2D eigenvalue weighted by atomic mass is 10.1. The number of ether oxygens (including phenoxy) is 3. The van der Waals surface area contributed by atoms with Crippen LogP contribution in [0.3, 0.4) is 0 Å². The van der Waals surface area contributed by atoms with Gasteiger partial charge in [-0.05, 0) is 36.2 Å². The Bertz CT molecular complexity index is 1200. The summed E-state index contributed by atoms with van der Waals surface area (Å²) in [5, 5.41) is 15.3. The Kier molecular flexibility index (Phi) is 10.0. The lowest BCUT2D eigenvalue weighted by Gasteiger charge is -2.16. The number of aromatic nitrogens is 2. The quantitative estimate of drug-likeness (QED) is 0.201. The van der Waals surface area contributed by atoms with E-state index in [1.54, 1.807) is 31.3 Å². The molecule has 1 heterocycles. The summed E-state index contributed by atoms with van der Waals surface area (Å²) in [5.74, 6) is -1.09. The molecule has 37 heavy (non-hydrogen) atoms. The summed E-state index contributed by atoms with van der Waals surface area (Å²) in [5.41, 5.74) is 4.41. The van der Waals surface area contributed by atoms with Gasteiger partial charge in [-0.2, -0.15) is 5.10 Å². The van der Waals surface area contributed by atoms with Crippen LogP contribution in [0.5, 0.6) is 11.5 Å². The van der Waals surface area contributed by atoms with Gasteiger partial charge in [0.1, 0.15) is 12.6 Å². The van der Waals surface area contributed by atoms with E-state index in [1.807, 2.05) is 30.3 Å². The summed E-state index contributed by atoms with van der Waals surface area (Å²) in [6.45, 7) is 1.65. The van der Waals surface area contributed by atoms with E-state index in [1.165, 1.54) is 12.5 Å². The molecule has 3 aromatic rings. The van der Waals surface area contributed by atoms with Gasteiger partial charge in [0, 0.05) is 18.3 Å². The molecule has 1 atom stereocenters. The van der Waals surface area contributed by atoms with Crippen LogP contribution in [0.1, 0.15) is 23.7 Å². The zero-order valence-corrected chi connectivity index (χ0v) is 20.0. The van der Waals surface area contributed by atoms with Gasteiger partial charge in [0.05, 0.1) is 19.1 Å². The first-order chi connectivity index (χ1) is 17.9. The fourth-order valence-corrected chi connectivity index (χ4v) is 3.11. The number of hydrazone groups is 1. The van der Waals surface area contributed by atoms with Crippen molar-refractivity contribution in [2.45, 2.75) is 26.0 Å². The van der Waals surface area contributed by atoms with Crippen LogP contribution in [0, 0.1) is 0 Å². The second-order valence-electron chi connectivity index (χ2n) is 7.60. The summed E-state index contributed by atoms with van der Waals surface area (Å²) in [7, 11) is 0. The van der Waals surface area contributed by atoms with E-state index in [9.17, 15) is 14.4 Å². The molecule has 0 radical (unpaired) electrons. The molecule has 3 rings (SSSR count). The molecule has 194 valence electrons. The van der Waals surface area contributed by atoms with Crippen LogP contribution < -0.4 is 20.2 Å². The van der Waals surface area contributed by atoms with Crippen LogP contribution in [-0.2, 0) is 27.4 Å². The third kappa shape index (κ3) is 9.02. The third-order valence-electron chi connectivity index (χ3n) is 4.81. The van der Waals surface area contributed by atoms with Crippen molar-refractivity contribution in [2.24, 2.45) is 5.10 Å². The van der Waals surface area contributed by atoms with Gasteiger partial charge in [0.15, 0.2) is 18.1 Å². The Balaban J connectivity index is 1.62. The van der Waals surface area contributed by atoms with Gasteiger partial charge in [-0.15, -0.1) is 0 Å². The number of carboxylic acids is 1. The maximum atomic E-state index is 12.8. The van der Waals surface area contributed by atoms with Crippen LogP contribution in [0.4, 0.5) is 4.79 Å². The number of hydrogen-bond donors (Lipinski definition) is 4. The first kappa shape index (κ1) is 26.7. The molecule has 1 aromatic heterocycles. The molecule has 0 spiro atoms. The minimum atomic E-state index is -1.11.